The quantitative estimate of drug-likeness (QED) is 0.900. The van der Waals surface area contributed by atoms with Crippen molar-refractivity contribution in [1.82, 2.24) is 15.2 Å². The van der Waals surface area contributed by atoms with Crippen LogP contribution < -0.4 is 5.32 Å². The number of aryl methyl sites for hydroxylation is 1. The van der Waals surface area contributed by atoms with Gasteiger partial charge in [0.05, 0.1) is 15.2 Å². The topological polar surface area (TPSA) is 28.2 Å². The summed E-state index contributed by atoms with van der Waals surface area (Å²) < 4.78 is 1.32. The summed E-state index contributed by atoms with van der Waals surface area (Å²) in [5.41, 5.74) is 2.55. The highest BCUT2D eigenvalue weighted by Crippen LogP contribution is 2.23. The zero-order chi connectivity index (χ0) is 12.4. The molecule has 1 aromatic carbocycles. The third kappa shape index (κ3) is 2.71. The first-order chi connectivity index (χ1) is 8.81. The molecule has 0 atom stereocenters. The first kappa shape index (κ1) is 12.1. The van der Waals surface area contributed by atoms with E-state index in [0.717, 1.165) is 36.7 Å². The molecule has 0 saturated carbocycles. The minimum Gasteiger partial charge on any atom is -0.315 e. The van der Waals surface area contributed by atoms with Gasteiger partial charge in [-0.3, -0.25) is 4.90 Å². The van der Waals surface area contributed by atoms with Gasteiger partial charge >= 0.3 is 0 Å². The second kappa shape index (κ2) is 5.34. The van der Waals surface area contributed by atoms with Gasteiger partial charge in [-0.25, -0.2) is 4.98 Å². The van der Waals surface area contributed by atoms with Crippen molar-refractivity contribution in [3.63, 3.8) is 0 Å². The van der Waals surface area contributed by atoms with Crippen LogP contribution in [0.15, 0.2) is 18.2 Å². The van der Waals surface area contributed by atoms with Crippen molar-refractivity contribution in [2.45, 2.75) is 19.9 Å². The van der Waals surface area contributed by atoms with Crippen molar-refractivity contribution in [1.29, 1.82) is 0 Å². The largest absolute Gasteiger partial charge is 0.315 e. The van der Waals surface area contributed by atoms with Crippen LogP contribution in [0.4, 0.5) is 0 Å². The first-order valence-electron chi connectivity index (χ1n) is 6.60. The van der Waals surface area contributed by atoms with Gasteiger partial charge in [0, 0.05) is 19.6 Å². The van der Waals surface area contributed by atoms with Crippen LogP contribution in [-0.2, 0) is 6.54 Å². The molecule has 1 N–H and O–H groups in total. The van der Waals surface area contributed by atoms with Gasteiger partial charge in [0.15, 0.2) is 0 Å². The monoisotopic (exact) mass is 261 g/mol. The van der Waals surface area contributed by atoms with E-state index in [-0.39, 0.29) is 0 Å². The molecule has 0 radical (unpaired) electrons. The molecule has 0 unspecified atom stereocenters. The third-order valence-corrected chi connectivity index (χ3v) is 4.33. The lowest BCUT2D eigenvalue weighted by Gasteiger charge is -2.19. The molecular weight excluding hydrogens is 242 g/mol. The van der Waals surface area contributed by atoms with E-state index in [1.54, 1.807) is 11.3 Å². The maximum absolute atomic E-state index is 4.51. The number of thiazole rings is 1. The summed E-state index contributed by atoms with van der Waals surface area (Å²) in [6, 6.07) is 6.68. The summed E-state index contributed by atoms with van der Waals surface area (Å²) in [5, 5.41) is 4.60. The lowest BCUT2D eigenvalue weighted by Crippen LogP contribution is -2.27. The highest BCUT2D eigenvalue weighted by Gasteiger charge is 2.09. The summed E-state index contributed by atoms with van der Waals surface area (Å²) in [7, 11) is 0. The van der Waals surface area contributed by atoms with E-state index < -0.39 is 0 Å². The highest BCUT2D eigenvalue weighted by molar-refractivity contribution is 7.18. The molecule has 3 rings (SSSR count). The maximum atomic E-state index is 4.51. The van der Waals surface area contributed by atoms with Crippen molar-refractivity contribution < 1.29 is 0 Å². The maximum Gasteiger partial charge on any atom is 0.0907 e. The minimum atomic E-state index is 1.06. The number of benzene rings is 1. The van der Waals surface area contributed by atoms with Gasteiger partial charge in [-0.15, -0.1) is 11.3 Å². The van der Waals surface area contributed by atoms with Crippen LogP contribution in [0, 0.1) is 6.92 Å². The Morgan fingerprint density at radius 2 is 2.28 bits per heavy atom. The van der Waals surface area contributed by atoms with Gasteiger partial charge in [0.25, 0.3) is 0 Å². The van der Waals surface area contributed by atoms with Crippen LogP contribution in [-0.4, -0.2) is 36.1 Å². The van der Waals surface area contributed by atoms with Gasteiger partial charge in [0.1, 0.15) is 0 Å². The van der Waals surface area contributed by atoms with E-state index in [0.29, 0.717) is 0 Å². The van der Waals surface area contributed by atoms with Crippen LogP contribution in [0.25, 0.3) is 10.2 Å². The number of rotatable bonds is 2. The second-order valence-corrected chi connectivity index (χ2v) is 6.15. The number of fused-ring (bicyclic) bond motifs is 1. The number of aromatic nitrogens is 1. The highest BCUT2D eigenvalue weighted by atomic mass is 32.1. The van der Waals surface area contributed by atoms with Crippen molar-refractivity contribution in [3.8, 4) is 0 Å². The predicted octanol–water partition coefficient (Wildman–Crippen LogP) is 2.40. The lowest BCUT2D eigenvalue weighted by atomic mass is 10.2. The first-order valence-corrected chi connectivity index (χ1v) is 7.42. The third-order valence-electron chi connectivity index (χ3n) is 3.40. The Hall–Kier alpha value is -0.970. The smallest absolute Gasteiger partial charge is 0.0907 e. The molecule has 0 aliphatic carbocycles. The number of nitrogens with zero attached hydrogens (tertiary/aromatic N) is 2. The second-order valence-electron chi connectivity index (χ2n) is 4.91. The molecule has 1 aromatic heterocycles. The summed E-state index contributed by atoms with van der Waals surface area (Å²) >= 11 is 1.79. The van der Waals surface area contributed by atoms with E-state index in [2.05, 4.69) is 40.3 Å². The molecule has 1 saturated heterocycles. The molecule has 1 fully saturated rings. The fourth-order valence-corrected chi connectivity index (χ4v) is 3.39. The molecule has 0 amide bonds. The van der Waals surface area contributed by atoms with Gasteiger partial charge in [0.2, 0.25) is 0 Å². The molecular formula is C14H19N3S. The van der Waals surface area contributed by atoms with Gasteiger partial charge < -0.3 is 5.32 Å². The Balaban J connectivity index is 1.76. The van der Waals surface area contributed by atoms with Crippen LogP contribution in [0.2, 0.25) is 0 Å². The molecule has 2 heterocycles. The van der Waals surface area contributed by atoms with E-state index in [1.807, 2.05) is 0 Å². The zero-order valence-corrected chi connectivity index (χ0v) is 11.6. The standard InChI is InChI=1S/C14H19N3S/c1-11-16-13-4-3-12(9-14(13)18-11)10-17-7-2-5-15-6-8-17/h3-4,9,15H,2,5-8,10H2,1H3. The predicted molar refractivity (Wildman–Crippen MR) is 77.1 cm³/mol. The minimum absolute atomic E-state index is 1.06. The Bertz CT molecular complexity index is 527. The van der Waals surface area contributed by atoms with Crippen molar-refractivity contribution in [2.75, 3.05) is 26.2 Å². The molecule has 1 aliphatic heterocycles. The normalized spacial score (nSPS) is 18.1. The Labute approximate surface area is 112 Å². The van der Waals surface area contributed by atoms with Gasteiger partial charge in [-0.2, -0.15) is 0 Å². The van der Waals surface area contributed by atoms with E-state index in [1.165, 1.54) is 23.2 Å². The Morgan fingerprint density at radius 3 is 3.22 bits per heavy atom. The summed E-state index contributed by atoms with van der Waals surface area (Å²) in [6.07, 6.45) is 1.25. The SMILES string of the molecule is Cc1nc2ccc(CN3CCCNCC3)cc2s1. The van der Waals surface area contributed by atoms with Crippen LogP contribution in [0.3, 0.4) is 0 Å². The molecule has 3 nitrogen and oxygen atoms in total. The molecule has 18 heavy (non-hydrogen) atoms. The molecule has 2 aromatic rings. The van der Waals surface area contributed by atoms with Crippen molar-refractivity contribution in [3.05, 3.63) is 28.8 Å². The van der Waals surface area contributed by atoms with Crippen LogP contribution in [0.5, 0.6) is 0 Å². The zero-order valence-electron chi connectivity index (χ0n) is 10.8. The summed E-state index contributed by atoms with van der Waals surface area (Å²) in [6.45, 7) is 7.76. The lowest BCUT2D eigenvalue weighted by molar-refractivity contribution is 0.284. The van der Waals surface area contributed by atoms with Gasteiger partial charge in [-0.1, -0.05) is 6.07 Å². The van der Waals surface area contributed by atoms with Gasteiger partial charge in [-0.05, 0) is 44.1 Å². The van der Waals surface area contributed by atoms with Crippen molar-refractivity contribution in [2.24, 2.45) is 0 Å². The average molecular weight is 261 g/mol. The molecule has 4 heteroatoms. The van der Waals surface area contributed by atoms with E-state index >= 15 is 0 Å². The van der Waals surface area contributed by atoms with Crippen molar-refractivity contribution >= 4 is 21.6 Å². The van der Waals surface area contributed by atoms with Crippen LogP contribution >= 0.6 is 11.3 Å². The molecule has 0 spiro atoms. The molecule has 96 valence electrons. The number of hydrogen-bond donors (Lipinski definition) is 1. The Kier molecular flexibility index (Phi) is 3.59. The summed E-state index contributed by atoms with van der Waals surface area (Å²) in [5.74, 6) is 0. The molecule has 1 aliphatic rings. The average Bonchev–Trinajstić information content (AvgIpc) is 2.56. The number of hydrogen-bond acceptors (Lipinski definition) is 4. The Morgan fingerprint density at radius 1 is 1.33 bits per heavy atom. The number of nitrogens with one attached hydrogen (secondary N) is 1. The van der Waals surface area contributed by atoms with E-state index in [4.69, 9.17) is 0 Å². The summed E-state index contributed by atoms with van der Waals surface area (Å²) in [4.78, 5) is 7.05. The molecule has 0 bridgehead atoms. The fraction of sp³-hybridized carbons (Fsp3) is 0.500. The fourth-order valence-electron chi connectivity index (χ4n) is 2.50. The van der Waals surface area contributed by atoms with Crippen LogP contribution in [0.1, 0.15) is 17.0 Å². The van der Waals surface area contributed by atoms with E-state index in [9.17, 15) is 0 Å².